The minimum Gasteiger partial charge on any atom is -0.496 e. The van der Waals surface area contributed by atoms with Crippen LogP contribution >= 0.6 is 0 Å². The highest BCUT2D eigenvalue weighted by molar-refractivity contribution is 5.91. The molecular weight excluding hydrogens is 196 g/mol. The summed E-state index contributed by atoms with van der Waals surface area (Å²) in [5.41, 5.74) is 0.0885. The Labute approximate surface area is 87.4 Å². The molecule has 0 aliphatic heterocycles. The summed E-state index contributed by atoms with van der Waals surface area (Å²) in [6.07, 6.45) is 5.02. The summed E-state index contributed by atoms with van der Waals surface area (Å²) >= 11 is 0. The Bertz CT molecular complexity index is 404. The summed E-state index contributed by atoms with van der Waals surface area (Å²) in [6.45, 7) is 0.134. The van der Waals surface area contributed by atoms with Gasteiger partial charge in [-0.2, -0.15) is 0 Å². The zero-order chi connectivity index (χ0) is 11.3. The molecule has 0 saturated carbocycles. The highest BCUT2D eigenvalue weighted by atomic mass is 16.5. The number of rotatable bonds is 4. The van der Waals surface area contributed by atoms with E-state index in [4.69, 9.17) is 21.0 Å². The maximum absolute atomic E-state index is 10.8. The molecule has 4 heteroatoms. The van der Waals surface area contributed by atoms with Crippen molar-refractivity contribution < 1.29 is 19.4 Å². The van der Waals surface area contributed by atoms with Crippen LogP contribution in [0.3, 0.4) is 0 Å². The van der Waals surface area contributed by atoms with E-state index in [1.807, 2.05) is 0 Å². The van der Waals surface area contributed by atoms with Crippen molar-refractivity contribution in [2.24, 2.45) is 0 Å². The van der Waals surface area contributed by atoms with E-state index in [-0.39, 0.29) is 17.9 Å². The maximum atomic E-state index is 10.8. The van der Waals surface area contributed by atoms with Gasteiger partial charge in [-0.05, 0) is 12.1 Å². The fourth-order valence-electron chi connectivity index (χ4n) is 1.06. The minimum atomic E-state index is -1.05. The van der Waals surface area contributed by atoms with Crippen LogP contribution < -0.4 is 9.47 Å². The van der Waals surface area contributed by atoms with Gasteiger partial charge >= 0.3 is 5.97 Å². The molecule has 0 bridgehead atoms. The molecule has 0 heterocycles. The Hall–Kier alpha value is -2.15. The predicted molar refractivity (Wildman–Crippen MR) is 54.3 cm³/mol. The lowest BCUT2D eigenvalue weighted by Gasteiger charge is -2.07. The number of hydrogen-bond donors (Lipinski definition) is 1. The second-order valence-corrected chi connectivity index (χ2v) is 2.66. The molecule has 0 aliphatic carbocycles. The molecule has 0 saturated heterocycles. The molecule has 1 aromatic carbocycles. The van der Waals surface area contributed by atoms with Gasteiger partial charge in [0.2, 0.25) is 0 Å². The van der Waals surface area contributed by atoms with E-state index >= 15 is 0 Å². The van der Waals surface area contributed by atoms with Crippen molar-refractivity contribution in [1.82, 2.24) is 0 Å². The molecule has 0 amide bonds. The summed E-state index contributed by atoms with van der Waals surface area (Å²) in [6, 6.07) is 4.43. The van der Waals surface area contributed by atoms with Crippen LogP contribution in [0.4, 0.5) is 0 Å². The zero-order valence-corrected chi connectivity index (χ0v) is 8.19. The summed E-state index contributed by atoms with van der Waals surface area (Å²) in [4.78, 5) is 10.8. The molecule has 0 spiro atoms. The fraction of sp³-hybridized carbons (Fsp3) is 0.182. The zero-order valence-electron chi connectivity index (χ0n) is 8.19. The number of aromatic carboxylic acids is 1. The Morgan fingerprint density at radius 1 is 1.60 bits per heavy atom. The second kappa shape index (κ2) is 4.91. The normalized spacial score (nSPS) is 9.07. The molecule has 1 rings (SSSR count). The first-order chi connectivity index (χ1) is 7.19. The molecule has 0 atom stereocenters. The topological polar surface area (TPSA) is 55.8 Å². The summed E-state index contributed by atoms with van der Waals surface area (Å²) in [7, 11) is 1.40. The minimum absolute atomic E-state index is 0.0885. The Morgan fingerprint density at radius 3 is 2.87 bits per heavy atom. The van der Waals surface area contributed by atoms with Crippen LogP contribution in [-0.4, -0.2) is 24.8 Å². The van der Waals surface area contributed by atoms with Crippen molar-refractivity contribution in [3.63, 3.8) is 0 Å². The van der Waals surface area contributed by atoms with Gasteiger partial charge in [0.1, 0.15) is 23.7 Å². The van der Waals surface area contributed by atoms with E-state index in [2.05, 4.69) is 5.92 Å². The fourth-order valence-corrected chi connectivity index (χ4v) is 1.06. The van der Waals surface area contributed by atoms with Gasteiger partial charge in [0.25, 0.3) is 0 Å². The van der Waals surface area contributed by atoms with Crippen molar-refractivity contribution in [1.29, 1.82) is 0 Å². The van der Waals surface area contributed by atoms with Gasteiger partial charge in [-0.3, -0.25) is 0 Å². The Morgan fingerprint density at radius 2 is 2.33 bits per heavy atom. The van der Waals surface area contributed by atoms with Crippen LogP contribution in [0.2, 0.25) is 0 Å². The van der Waals surface area contributed by atoms with Crippen molar-refractivity contribution in [3.8, 4) is 23.8 Å². The smallest absolute Gasteiger partial charge is 0.339 e. The SMILES string of the molecule is C#CCOc1ccc(C(=O)O)c(OC)c1. The van der Waals surface area contributed by atoms with E-state index < -0.39 is 5.97 Å². The van der Waals surface area contributed by atoms with E-state index in [1.165, 1.54) is 25.3 Å². The molecule has 78 valence electrons. The van der Waals surface area contributed by atoms with Crippen LogP contribution in [-0.2, 0) is 0 Å². The van der Waals surface area contributed by atoms with Crippen LogP contribution in [0.5, 0.6) is 11.5 Å². The molecule has 0 radical (unpaired) electrons. The number of methoxy groups -OCH3 is 1. The third kappa shape index (κ3) is 2.64. The number of hydrogen-bond acceptors (Lipinski definition) is 3. The second-order valence-electron chi connectivity index (χ2n) is 2.66. The lowest BCUT2D eigenvalue weighted by Crippen LogP contribution is -2.01. The number of benzene rings is 1. The van der Waals surface area contributed by atoms with Crippen LogP contribution in [0.25, 0.3) is 0 Å². The van der Waals surface area contributed by atoms with Gasteiger partial charge in [0.15, 0.2) is 0 Å². The lowest BCUT2D eigenvalue weighted by molar-refractivity contribution is 0.0693. The molecule has 1 N–H and O–H groups in total. The van der Waals surface area contributed by atoms with Gasteiger partial charge < -0.3 is 14.6 Å². The van der Waals surface area contributed by atoms with Gasteiger partial charge in [-0.25, -0.2) is 4.79 Å². The largest absolute Gasteiger partial charge is 0.496 e. The average molecular weight is 206 g/mol. The first-order valence-electron chi connectivity index (χ1n) is 4.16. The lowest BCUT2D eigenvalue weighted by atomic mass is 10.2. The Kier molecular flexibility index (Phi) is 3.58. The van der Waals surface area contributed by atoms with Crippen molar-refractivity contribution >= 4 is 5.97 Å². The van der Waals surface area contributed by atoms with Crippen LogP contribution in [0.15, 0.2) is 18.2 Å². The summed E-state index contributed by atoms with van der Waals surface area (Å²) < 4.78 is 10.0. The van der Waals surface area contributed by atoms with Gasteiger partial charge in [-0.1, -0.05) is 5.92 Å². The number of carboxylic acids is 1. The third-order valence-corrected chi connectivity index (χ3v) is 1.73. The van der Waals surface area contributed by atoms with E-state index in [9.17, 15) is 4.79 Å². The Balaban J connectivity index is 2.98. The molecule has 0 unspecified atom stereocenters. The number of terminal acetylenes is 1. The summed E-state index contributed by atoms with van der Waals surface area (Å²) in [5.74, 6) is 1.99. The molecule has 0 aromatic heterocycles. The number of carbonyl (C=O) groups is 1. The van der Waals surface area contributed by atoms with Gasteiger partial charge in [-0.15, -0.1) is 6.42 Å². The average Bonchev–Trinajstić information content (AvgIpc) is 2.25. The first kappa shape index (κ1) is 10.9. The highest BCUT2D eigenvalue weighted by Crippen LogP contribution is 2.24. The number of carboxylic acid groups (broad SMARTS) is 1. The quantitative estimate of drug-likeness (QED) is 0.756. The maximum Gasteiger partial charge on any atom is 0.339 e. The van der Waals surface area contributed by atoms with Crippen LogP contribution in [0.1, 0.15) is 10.4 Å². The molecule has 15 heavy (non-hydrogen) atoms. The standard InChI is InChI=1S/C11H10O4/c1-3-6-15-8-4-5-9(11(12)13)10(7-8)14-2/h1,4-5,7H,6H2,2H3,(H,12,13). The van der Waals surface area contributed by atoms with Crippen molar-refractivity contribution in [3.05, 3.63) is 23.8 Å². The molecule has 4 nitrogen and oxygen atoms in total. The van der Waals surface area contributed by atoms with E-state index in [1.54, 1.807) is 0 Å². The van der Waals surface area contributed by atoms with Gasteiger partial charge in [0, 0.05) is 6.07 Å². The third-order valence-electron chi connectivity index (χ3n) is 1.73. The van der Waals surface area contributed by atoms with Crippen molar-refractivity contribution in [2.45, 2.75) is 0 Å². The van der Waals surface area contributed by atoms with Crippen LogP contribution in [0, 0.1) is 12.3 Å². The number of ether oxygens (including phenoxy) is 2. The summed E-state index contributed by atoms with van der Waals surface area (Å²) in [5, 5.41) is 8.81. The van der Waals surface area contributed by atoms with E-state index in [0.717, 1.165) is 0 Å². The molecule has 1 aromatic rings. The monoisotopic (exact) mass is 206 g/mol. The highest BCUT2D eigenvalue weighted by Gasteiger charge is 2.11. The molecule has 0 aliphatic rings. The van der Waals surface area contributed by atoms with Gasteiger partial charge in [0.05, 0.1) is 7.11 Å². The molecule has 0 fully saturated rings. The first-order valence-corrected chi connectivity index (χ1v) is 4.16. The van der Waals surface area contributed by atoms with Crippen molar-refractivity contribution in [2.75, 3.05) is 13.7 Å². The van der Waals surface area contributed by atoms with E-state index in [0.29, 0.717) is 5.75 Å². The predicted octanol–water partition coefficient (Wildman–Crippen LogP) is 1.41. The molecular formula is C11H10O4.